The fourth-order valence-electron chi connectivity index (χ4n) is 2.55. The molecule has 1 aromatic carbocycles. The van der Waals surface area contributed by atoms with Gasteiger partial charge in [-0.25, -0.2) is 4.79 Å². The number of aliphatic hydroxyl groups is 1. The van der Waals surface area contributed by atoms with Crippen molar-refractivity contribution in [2.45, 2.75) is 32.3 Å². The van der Waals surface area contributed by atoms with Gasteiger partial charge in [0.05, 0.1) is 6.10 Å². The van der Waals surface area contributed by atoms with Crippen LogP contribution in [0, 0.1) is 12.8 Å². The second-order valence-electron chi connectivity index (χ2n) is 5.53. The standard InChI is InChI=1S/C15H21BrN2O2/c1-10-6-7-12(8-13(10)16)17-15(20)18(2)9-11-4-3-5-14(11)19/h6-8,11,14,19H,3-5,9H2,1-2H3,(H,17,20). The van der Waals surface area contributed by atoms with Crippen LogP contribution < -0.4 is 5.32 Å². The van der Waals surface area contributed by atoms with Crippen LogP contribution in [0.2, 0.25) is 0 Å². The van der Waals surface area contributed by atoms with Gasteiger partial charge in [0.25, 0.3) is 0 Å². The number of anilines is 1. The Morgan fingerprint density at radius 3 is 2.85 bits per heavy atom. The van der Waals surface area contributed by atoms with E-state index in [1.165, 1.54) is 0 Å². The molecule has 20 heavy (non-hydrogen) atoms. The van der Waals surface area contributed by atoms with Crippen LogP contribution in [0.1, 0.15) is 24.8 Å². The van der Waals surface area contributed by atoms with E-state index in [0.29, 0.717) is 6.54 Å². The first-order chi connectivity index (χ1) is 9.47. The van der Waals surface area contributed by atoms with Crippen LogP contribution in [-0.2, 0) is 0 Å². The van der Waals surface area contributed by atoms with Gasteiger partial charge in [0.2, 0.25) is 0 Å². The Balaban J connectivity index is 1.91. The first kappa shape index (κ1) is 15.3. The van der Waals surface area contributed by atoms with Crippen molar-refractivity contribution >= 4 is 27.6 Å². The summed E-state index contributed by atoms with van der Waals surface area (Å²) in [5.41, 5.74) is 1.90. The van der Waals surface area contributed by atoms with Crippen LogP contribution in [0.4, 0.5) is 10.5 Å². The molecular formula is C15H21BrN2O2. The van der Waals surface area contributed by atoms with Crippen LogP contribution in [0.5, 0.6) is 0 Å². The molecule has 2 amide bonds. The molecule has 1 aromatic rings. The molecular weight excluding hydrogens is 320 g/mol. The molecule has 1 aliphatic carbocycles. The maximum absolute atomic E-state index is 12.1. The van der Waals surface area contributed by atoms with Gasteiger partial charge < -0.3 is 15.3 Å². The van der Waals surface area contributed by atoms with E-state index in [4.69, 9.17) is 0 Å². The van der Waals surface area contributed by atoms with E-state index in [-0.39, 0.29) is 18.1 Å². The first-order valence-electron chi connectivity index (χ1n) is 6.93. The lowest BCUT2D eigenvalue weighted by Crippen LogP contribution is -2.37. The Morgan fingerprint density at radius 2 is 2.25 bits per heavy atom. The Morgan fingerprint density at radius 1 is 1.50 bits per heavy atom. The summed E-state index contributed by atoms with van der Waals surface area (Å²) in [6.07, 6.45) is 2.63. The molecule has 2 atom stereocenters. The van der Waals surface area contributed by atoms with E-state index < -0.39 is 0 Å². The maximum atomic E-state index is 12.1. The predicted octanol–water partition coefficient (Wildman–Crippen LogP) is 3.38. The number of aryl methyl sites for hydroxylation is 1. The summed E-state index contributed by atoms with van der Waals surface area (Å²) in [5, 5.41) is 12.7. The Kier molecular flexibility index (Phi) is 5.05. The van der Waals surface area contributed by atoms with E-state index >= 15 is 0 Å². The minimum absolute atomic E-state index is 0.139. The van der Waals surface area contributed by atoms with Crippen LogP contribution in [-0.4, -0.2) is 35.7 Å². The number of hydrogen-bond donors (Lipinski definition) is 2. The number of hydrogen-bond acceptors (Lipinski definition) is 2. The van der Waals surface area contributed by atoms with Gasteiger partial charge in [-0.3, -0.25) is 0 Å². The number of nitrogens with one attached hydrogen (secondary N) is 1. The molecule has 0 spiro atoms. The fraction of sp³-hybridized carbons (Fsp3) is 0.533. The number of benzene rings is 1. The summed E-state index contributed by atoms with van der Waals surface area (Å²) in [7, 11) is 1.77. The van der Waals surface area contributed by atoms with Crippen LogP contribution in [0.15, 0.2) is 22.7 Å². The van der Waals surface area contributed by atoms with Gasteiger partial charge in [-0.2, -0.15) is 0 Å². The van der Waals surface area contributed by atoms with E-state index in [9.17, 15) is 9.90 Å². The minimum atomic E-state index is -0.265. The van der Waals surface area contributed by atoms with Gasteiger partial charge in [-0.1, -0.05) is 28.4 Å². The number of rotatable bonds is 3. The van der Waals surface area contributed by atoms with Gasteiger partial charge >= 0.3 is 6.03 Å². The molecule has 2 unspecified atom stereocenters. The normalized spacial score (nSPS) is 21.8. The van der Waals surface area contributed by atoms with E-state index in [1.54, 1.807) is 11.9 Å². The highest BCUT2D eigenvalue weighted by atomic mass is 79.9. The highest BCUT2D eigenvalue weighted by Gasteiger charge is 2.27. The largest absolute Gasteiger partial charge is 0.393 e. The minimum Gasteiger partial charge on any atom is -0.393 e. The van der Waals surface area contributed by atoms with Crippen molar-refractivity contribution in [1.82, 2.24) is 4.90 Å². The quantitative estimate of drug-likeness (QED) is 0.886. The molecule has 0 heterocycles. The highest BCUT2D eigenvalue weighted by Crippen LogP contribution is 2.26. The van der Waals surface area contributed by atoms with Crippen molar-refractivity contribution < 1.29 is 9.90 Å². The number of aliphatic hydroxyl groups excluding tert-OH is 1. The summed E-state index contributed by atoms with van der Waals surface area (Å²) in [6.45, 7) is 2.60. The zero-order valence-electron chi connectivity index (χ0n) is 11.9. The van der Waals surface area contributed by atoms with Gasteiger partial charge in [0.1, 0.15) is 0 Å². The molecule has 1 saturated carbocycles. The SMILES string of the molecule is Cc1ccc(NC(=O)N(C)CC2CCCC2O)cc1Br. The van der Waals surface area contributed by atoms with E-state index in [1.807, 2.05) is 25.1 Å². The average molecular weight is 341 g/mol. The smallest absolute Gasteiger partial charge is 0.321 e. The van der Waals surface area contributed by atoms with Crippen LogP contribution >= 0.6 is 15.9 Å². The molecule has 0 radical (unpaired) electrons. The van der Waals surface area contributed by atoms with E-state index in [0.717, 1.165) is 35.0 Å². The van der Waals surface area contributed by atoms with Crippen molar-refractivity contribution in [1.29, 1.82) is 0 Å². The first-order valence-corrected chi connectivity index (χ1v) is 7.73. The van der Waals surface area contributed by atoms with Crippen molar-refractivity contribution in [3.63, 3.8) is 0 Å². The lowest BCUT2D eigenvalue weighted by molar-refractivity contribution is 0.116. The number of halogens is 1. The Bertz CT molecular complexity index is 493. The van der Waals surface area contributed by atoms with Gasteiger partial charge in [-0.05, 0) is 37.5 Å². The fourth-order valence-corrected chi connectivity index (χ4v) is 2.93. The Labute approximate surface area is 128 Å². The maximum Gasteiger partial charge on any atom is 0.321 e. The summed E-state index contributed by atoms with van der Waals surface area (Å²) >= 11 is 3.45. The molecule has 5 heteroatoms. The third-order valence-electron chi connectivity index (χ3n) is 3.90. The summed E-state index contributed by atoms with van der Waals surface area (Å²) in [5.74, 6) is 0.204. The van der Waals surface area contributed by atoms with Gasteiger partial charge in [0, 0.05) is 29.7 Å². The Hall–Kier alpha value is -1.07. The third kappa shape index (κ3) is 3.73. The monoisotopic (exact) mass is 340 g/mol. The zero-order chi connectivity index (χ0) is 14.7. The second kappa shape index (κ2) is 6.59. The molecule has 1 aliphatic rings. The zero-order valence-corrected chi connectivity index (χ0v) is 13.5. The molecule has 4 nitrogen and oxygen atoms in total. The average Bonchev–Trinajstić information content (AvgIpc) is 2.79. The molecule has 1 fully saturated rings. The topological polar surface area (TPSA) is 52.6 Å². The molecule has 2 N–H and O–H groups in total. The van der Waals surface area contributed by atoms with Crippen molar-refractivity contribution in [2.75, 3.05) is 18.9 Å². The molecule has 0 bridgehead atoms. The summed E-state index contributed by atoms with van der Waals surface area (Å²) in [6, 6.07) is 5.60. The lowest BCUT2D eigenvalue weighted by Gasteiger charge is -2.23. The number of urea groups is 1. The second-order valence-corrected chi connectivity index (χ2v) is 6.39. The molecule has 0 saturated heterocycles. The number of amides is 2. The number of nitrogens with zero attached hydrogens (tertiary/aromatic N) is 1. The van der Waals surface area contributed by atoms with E-state index in [2.05, 4.69) is 21.2 Å². The third-order valence-corrected chi connectivity index (χ3v) is 4.75. The van der Waals surface area contributed by atoms with Gasteiger partial charge in [0.15, 0.2) is 0 Å². The van der Waals surface area contributed by atoms with Crippen LogP contribution in [0.25, 0.3) is 0 Å². The molecule has 0 aromatic heterocycles. The van der Waals surface area contributed by atoms with Crippen LogP contribution in [0.3, 0.4) is 0 Å². The highest BCUT2D eigenvalue weighted by molar-refractivity contribution is 9.10. The van der Waals surface area contributed by atoms with Gasteiger partial charge in [-0.15, -0.1) is 0 Å². The summed E-state index contributed by atoms with van der Waals surface area (Å²) in [4.78, 5) is 13.8. The molecule has 110 valence electrons. The lowest BCUT2D eigenvalue weighted by atomic mass is 10.1. The number of carbonyl (C=O) groups is 1. The number of carbonyl (C=O) groups excluding carboxylic acids is 1. The van der Waals surface area contributed by atoms with Crippen molar-refractivity contribution in [3.05, 3.63) is 28.2 Å². The summed E-state index contributed by atoms with van der Waals surface area (Å²) < 4.78 is 0.976. The molecule has 0 aliphatic heterocycles. The molecule has 2 rings (SSSR count). The van der Waals surface area contributed by atoms with Crippen molar-refractivity contribution in [3.8, 4) is 0 Å². The predicted molar refractivity (Wildman–Crippen MR) is 83.9 cm³/mol. The van der Waals surface area contributed by atoms with Crippen molar-refractivity contribution in [2.24, 2.45) is 5.92 Å².